The van der Waals surface area contributed by atoms with Gasteiger partial charge in [-0.2, -0.15) is 0 Å². The Bertz CT molecular complexity index is 1160. The monoisotopic (exact) mass is 475 g/mol. The molecule has 0 radical (unpaired) electrons. The summed E-state index contributed by atoms with van der Waals surface area (Å²) in [5.74, 6) is -0.844. The molecule has 168 valence electrons. The third-order valence-corrected chi connectivity index (χ3v) is 6.65. The maximum Gasteiger partial charge on any atom is 0.341 e. The lowest BCUT2D eigenvalue weighted by Gasteiger charge is -2.13. The zero-order valence-corrected chi connectivity index (χ0v) is 18.5. The van der Waals surface area contributed by atoms with E-state index in [9.17, 15) is 18.3 Å². The van der Waals surface area contributed by atoms with Crippen molar-refractivity contribution in [2.45, 2.75) is 22.4 Å². The standard InChI is InChI=1S/C23H22ClNO6S/c24-18-3-1-2-17(12-18)22(26)14-25-13-16-4-8-20(9-5-16)32(29,30)21-10-6-19(7-11-21)31-15-23(27)28/h1-12,22,25-26H,13-15H2,(H,27,28)/t22-/m0/s1. The normalized spacial score (nSPS) is 12.3. The molecule has 3 rings (SSSR count). The highest BCUT2D eigenvalue weighted by Crippen LogP contribution is 2.24. The zero-order chi connectivity index (χ0) is 23.1. The molecule has 0 aliphatic rings. The van der Waals surface area contributed by atoms with E-state index in [1.807, 2.05) is 0 Å². The van der Waals surface area contributed by atoms with Gasteiger partial charge in [0.1, 0.15) is 5.75 Å². The number of halogens is 1. The molecule has 0 saturated heterocycles. The van der Waals surface area contributed by atoms with E-state index in [2.05, 4.69) is 5.32 Å². The Labute approximate surface area is 191 Å². The molecule has 7 nitrogen and oxygen atoms in total. The maximum atomic E-state index is 12.8. The Balaban J connectivity index is 1.58. The van der Waals surface area contributed by atoms with Crippen LogP contribution < -0.4 is 10.1 Å². The van der Waals surface area contributed by atoms with Crippen molar-refractivity contribution in [1.29, 1.82) is 0 Å². The van der Waals surface area contributed by atoms with Crippen LogP contribution in [0.4, 0.5) is 0 Å². The molecular weight excluding hydrogens is 454 g/mol. The number of aliphatic hydroxyl groups is 1. The van der Waals surface area contributed by atoms with Crippen molar-refractivity contribution in [2.75, 3.05) is 13.2 Å². The smallest absolute Gasteiger partial charge is 0.341 e. The molecule has 3 aromatic rings. The summed E-state index contributed by atoms with van der Waals surface area (Å²) in [4.78, 5) is 10.8. The maximum absolute atomic E-state index is 12.8. The number of rotatable bonds is 10. The number of carbonyl (C=O) groups is 1. The third-order valence-electron chi connectivity index (χ3n) is 4.63. The van der Waals surface area contributed by atoms with Gasteiger partial charge in [-0.05, 0) is 59.7 Å². The van der Waals surface area contributed by atoms with E-state index in [4.69, 9.17) is 21.4 Å². The van der Waals surface area contributed by atoms with Crippen LogP contribution in [-0.4, -0.2) is 37.8 Å². The number of aliphatic hydroxyl groups excluding tert-OH is 1. The number of ether oxygens (including phenoxy) is 1. The van der Waals surface area contributed by atoms with Crippen LogP contribution in [0.15, 0.2) is 82.6 Å². The van der Waals surface area contributed by atoms with Crippen LogP contribution in [0.2, 0.25) is 5.02 Å². The Morgan fingerprint density at radius 1 is 1.00 bits per heavy atom. The highest BCUT2D eigenvalue weighted by molar-refractivity contribution is 7.91. The number of sulfone groups is 1. The van der Waals surface area contributed by atoms with E-state index >= 15 is 0 Å². The molecule has 0 aliphatic heterocycles. The Morgan fingerprint density at radius 2 is 1.62 bits per heavy atom. The molecular formula is C23H22ClNO6S. The highest BCUT2D eigenvalue weighted by Gasteiger charge is 2.17. The summed E-state index contributed by atoms with van der Waals surface area (Å²) in [6.45, 7) is 0.266. The number of hydrogen-bond acceptors (Lipinski definition) is 6. The molecule has 0 spiro atoms. The van der Waals surface area contributed by atoms with E-state index in [0.29, 0.717) is 23.7 Å². The van der Waals surface area contributed by atoms with Gasteiger partial charge in [0.2, 0.25) is 9.84 Å². The van der Waals surface area contributed by atoms with Crippen molar-refractivity contribution in [1.82, 2.24) is 5.32 Å². The summed E-state index contributed by atoms with van der Waals surface area (Å²) in [5.41, 5.74) is 1.57. The van der Waals surface area contributed by atoms with Gasteiger partial charge < -0.3 is 20.3 Å². The van der Waals surface area contributed by atoms with E-state index < -0.39 is 28.5 Å². The minimum atomic E-state index is -3.72. The lowest BCUT2D eigenvalue weighted by molar-refractivity contribution is -0.139. The fourth-order valence-corrected chi connectivity index (χ4v) is 4.43. The number of carboxylic acids is 1. The fourth-order valence-electron chi connectivity index (χ4n) is 2.97. The summed E-state index contributed by atoms with van der Waals surface area (Å²) in [5, 5.41) is 22.6. The van der Waals surface area contributed by atoms with Crippen molar-refractivity contribution in [3.63, 3.8) is 0 Å². The first kappa shape index (κ1) is 23.7. The summed E-state index contributed by atoms with van der Waals surface area (Å²) < 4.78 is 30.7. The number of hydrogen-bond donors (Lipinski definition) is 3. The first-order valence-electron chi connectivity index (χ1n) is 9.68. The van der Waals surface area contributed by atoms with Crippen LogP contribution in [0.1, 0.15) is 17.2 Å². The van der Waals surface area contributed by atoms with Gasteiger partial charge in [-0.15, -0.1) is 0 Å². The van der Waals surface area contributed by atoms with E-state index in [1.165, 1.54) is 36.4 Å². The van der Waals surface area contributed by atoms with Crippen LogP contribution in [0.5, 0.6) is 5.75 Å². The average molecular weight is 476 g/mol. The Morgan fingerprint density at radius 3 is 2.22 bits per heavy atom. The zero-order valence-electron chi connectivity index (χ0n) is 16.9. The van der Waals surface area contributed by atoms with Gasteiger partial charge in [0.25, 0.3) is 0 Å². The minimum Gasteiger partial charge on any atom is -0.482 e. The van der Waals surface area contributed by atoms with Crippen molar-refractivity contribution in [3.05, 3.63) is 88.9 Å². The SMILES string of the molecule is O=C(O)COc1ccc(S(=O)(=O)c2ccc(CNC[C@H](O)c3cccc(Cl)c3)cc2)cc1. The van der Waals surface area contributed by atoms with Gasteiger partial charge in [-0.1, -0.05) is 35.9 Å². The van der Waals surface area contributed by atoms with Gasteiger partial charge in [-0.25, -0.2) is 13.2 Å². The lowest BCUT2D eigenvalue weighted by atomic mass is 10.1. The molecule has 9 heteroatoms. The number of benzene rings is 3. The fraction of sp³-hybridized carbons (Fsp3) is 0.174. The summed E-state index contributed by atoms with van der Waals surface area (Å²) in [6, 6.07) is 19.0. The summed E-state index contributed by atoms with van der Waals surface area (Å²) in [7, 11) is -3.72. The van der Waals surface area contributed by atoms with Crippen molar-refractivity contribution in [2.24, 2.45) is 0 Å². The molecule has 0 amide bonds. The van der Waals surface area contributed by atoms with Crippen LogP contribution in [0.25, 0.3) is 0 Å². The van der Waals surface area contributed by atoms with Crippen molar-refractivity contribution < 1.29 is 28.2 Å². The first-order valence-corrected chi connectivity index (χ1v) is 11.5. The lowest BCUT2D eigenvalue weighted by Crippen LogP contribution is -2.21. The van der Waals surface area contributed by atoms with Gasteiger partial charge >= 0.3 is 5.97 Å². The molecule has 0 saturated carbocycles. The van der Waals surface area contributed by atoms with E-state index in [1.54, 1.807) is 36.4 Å². The first-order chi connectivity index (χ1) is 15.3. The Hall–Kier alpha value is -2.91. The second-order valence-electron chi connectivity index (χ2n) is 7.00. The van der Waals surface area contributed by atoms with Gasteiger partial charge in [0, 0.05) is 18.1 Å². The highest BCUT2D eigenvalue weighted by atomic mass is 35.5. The van der Waals surface area contributed by atoms with Crippen molar-refractivity contribution in [3.8, 4) is 5.75 Å². The second kappa shape index (κ2) is 10.6. The number of aliphatic carboxylic acids is 1. The summed E-state index contributed by atoms with van der Waals surface area (Å²) in [6.07, 6.45) is -0.712. The van der Waals surface area contributed by atoms with Crippen LogP contribution >= 0.6 is 11.6 Å². The largest absolute Gasteiger partial charge is 0.482 e. The van der Waals surface area contributed by atoms with Crippen LogP contribution in [-0.2, 0) is 21.2 Å². The second-order valence-corrected chi connectivity index (χ2v) is 9.39. The molecule has 0 aromatic heterocycles. The Kier molecular flexibility index (Phi) is 7.87. The van der Waals surface area contributed by atoms with Crippen LogP contribution in [0.3, 0.4) is 0 Å². The molecule has 0 heterocycles. The predicted molar refractivity (Wildman–Crippen MR) is 120 cm³/mol. The topological polar surface area (TPSA) is 113 Å². The predicted octanol–water partition coefficient (Wildman–Crippen LogP) is 3.46. The molecule has 3 aromatic carbocycles. The van der Waals surface area contributed by atoms with Crippen LogP contribution in [0, 0.1) is 0 Å². The van der Waals surface area contributed by atoms with Crippen molar-refractivity contribution >= 4 is 27.4 Å². The average Bonchev–Trinajstić information content (AvgIpc) is 2.78. The molecule has 0 bridgehead atoms. The number of carboxylic acid groups (broad SMARTS) is 1. The molecule has 1 atom stereocenters. The molecule has 32 heavy (non-hydrogen) atoms. The van der Waals surface area contributed by atoms with E-state index in [-0.39, 0.29) is 15.5 Å². The van der Waals surface area contributed by atoms with Gasteiger partial charge in [-0.3, -0.25) is 0 Å². The molecule has 3 N–H and O–H groups in total. The molecule has 0 aliphatic carbocycles. The third kappa shape index (κ3) is 6.30. The van der Waals surface area contributed by atoms with Gasteiger partial charge in [0.05, 0.1) is 15.9 Å². The molecule has 0 fully saturated rings. The molecule has 0 unspecified atom stereocenters. The summed E-state index contributed by atoms with van der Waals surface area (Å²) >= 11 is 5.94. The minimum absolute atomic E-state index is 0.0793. The quantitative estimate of drug-likeness (QED) is 0.411. The number of nitrogens with one attached hydrogen (secondary N) is 1. The van der Waals surface area contributed by atoms with Gasteiger partial charge in [0.15, 0.2) is 6.61 Å². The van der Waals surface area contributed by atoms with E-state index in [0.717, 1.165) is 5.56 Å².